The first-order valence-corrected chi connectivity index (χ1v) is 12.7. The average Bonchev–Trinajstić information content (AvgIpc) is 3.43. The van der Waals surface area contributed by atoms with Crippen molar-refractivity contribution in [3.05, 3.63) is 51.2 Å². The van der Waals surface area contributed by atoms with E-state index in [1.807, 2.05) is 23.1 Å². The Balaban J connectivity index is 1.26. The zero-order valence-electron chi connectivity index (χ0n) is 17.5. The Morgan fingerprint density at radius 3 is 2.81 bits per heavy atom. The second-order valence-electron chi connectivity index (χ2n) is 8.60. The van der Waals surface area contributed by atoms with Gasteiger partial charge in [0.2, 0.25) is 0 Å². The van der Waals surface area contributed by atoms with Crippen molar-refractivity contribution in [2.24, 2.45) is 5.41 Å². The number of rotatable bonds is 5. The first kappa shape index (κ1) is 20.6. The number of fused-ring (bicyclic) bond motifs is 2. The van der Waals surface area contributed by atoms with Crippen LogP contribution in [-0.4, -0.2) is 34.9 Å². The molecule has 1 saturated carbocycles. The van der Waals surface area contributed by atoms with Crippen molar-refractivity contribution in [1.29, 1.82) is 0 Å². The number of thiophene rings is 1. The first-order valence-electron chi connectivity index (χ1n) is 11.0. The van der Waals surface area contributed by atoms with Crippen molar-refractivity contribution in [1.82, 2.24) is 9.88 Å². The molecule has 1 fully saturated rings. The largest absolute Gasteiger partial charge is 0.455 e. The maximum atomic E-state index is 13.3. The number of amides is 1. The molecule has 5 rings (SSSR count). The van der Waals surface area contributed by atoms with Gasteiger partial charge >= 0.3 is 5.97 Å². The molecule has 1 aliphatic heterocycles. The molecule has 0 unspecified atom stereocenters. The highest BCUT2D eigenvalue weighted by Crippen LogP contribution is 2.41. The van der Waals surface area contributed by atoms with Crippen LogP contribution >= 0.6 is 22.7 Å². The molecule has 0 spiro atoms. The van der Waals surface area contributed by atoms with E-state index in [4.69, 9.17) is 9.72 Å². The van der Waals surface area contributed by atoms with Crippen LogP contribution in [0.3, 0.4) is 0 Å². The minimum absolute atomic E-state index is 0.101. The number of carbonyl (C=O) groups excluding carboxylic acids is 2. The van der Waals surface area contributed by atoms with E-state index >= 15 is 0 Å². The number of aromatic nitrogens is 1. The molecule has 3 heterocycles. The van der Waals surface area contributed by atoms with Crippen LogP contribution in [0.25, 0.3) is 10.2 Å². The van der Waals surface area contributed by atoms with Crippen molar-refractivity contribution >= 4 is 44.8 Å². The van der Waals surface area contributed by atoms with Gasteiger partial charge in [0.15, 0.2) is 6.61 Å². The van der Waals surface area contributed by atoms with Gasteiger partial charge in [0.1, 0.15) is 0 Å². The molecule has 31 heavy (non-hydrogen) atoms. The number of nitrogens with zero attached hydrogens (tertiary/aromatic N) is 2. The molecule has 3 aromatic rings. The maximum absolute atomic E-state index is 13.3. The number of thiazole rings is 1. The fourth-order valence-corrected chi connectivity index (χ4v) is 6.80. The fourth-order valence-electron chi connectivity index (χ4n) is 4.80. The summed E-state index contributed by atoms with van der Waals surface area (Å²) >= 11 is 3.40. The molecule has 5 nitrogen and oxygen atoms in total. The van der Waals surface area contributed by atoms with Crippen LogP contribution in [0, 0.1) is 5.41 Å². The molecule has 0 atom stereocenters. The van der Waals surface area contributed by atoms with Gasteiger partial charge in [-0.25, -0.2) is 4.98 Å². The molecule has 0 saturated heterocycles. The minimum Gasteiger partial charge on any atom is -0.455 e. The summed E-state index contributed by atoms with van der Waals surface area (Å²) in [5.74, 6) is -0.329. The lowest BCUT2D eigenvalue weighted by atomic mass is 9.72. The van der Waals surface area contributed by atoms with Crippen molar-refractivity contribution in [2.45, 2.75) is 51.5 Å². The molecule has 1 aromatic carbocycles. The summed E-state index contributed by atoms with van der Waals surface area (Å²) in [5, 5.41) is 3.06. The normalized spacial score (nSPS) is 18.0. The summed E-state index contributed by atoms with van der Waals surface area (Å²) in [7, 11) is 0. The van der Waals surface area contributed by atoms with Gasteiger partial charge in [0, 0.05) is 24.4 Å². The van der Waals surface area contributed by atoms with Gasteiger partial charge < -0.3 is 9.64 Å². The van der Waals surface area contributed by atoms with E-state index in [-0.39, 0.29) is 18.5 Å². The van der Waals surface area contributed by atoms with E-state index in [0.29, 0.717) is 19.5 Å². The molecule has 7 heteroatoms. The molecule has 0 N–H and O–H groups in total. The average molecular weight is 455 g/mol. The van der Waals surface area contributed by atoms with Gasteiger partial charge in [-0.3, -0.25) is 9.59 Å². The van der Waals surface area contributed by atoms with Crippen LogP contribution in [-0.2, 0) is 33.7 Å². The fraction of sp³-hybridized carbons (Fsp3) is 0.458. The van der Waals surface area contributed by atoms with Gasteiger partial charge in [0.05, 0.1) is 20.6 Å². The van der Waals surface area contributed by atoms with Crippen molar-refractivity contribution in [3.63, 3.8) is 0 Å². The van der Waals surface area contributed by atoms with Crippen LogP contribution in [0.5, 0.6) is 0 Å². The topological polar surface area (TPSA) is 59.5 Å². The molecule has 1 aliphatic carbocycles. The Labute approximate surface area is 190 Å². The van der Waals surface area contributed by atoms with E-state index in [2.05, 4.69) is 17.5 Å². The standard InChI is InChI=1S/C24H26N2O3S2/c27-22(26-12-8-19-17(15-26)9-13-30-19)16-29-23(28)24(10-4-1-5-11-24)14-21-25-18-6-2-3-7-20(18)31-21/h2-3,6-7,9,13H,1,4-5,8,10-12,14-16H2. The summed E-state index contributed by atoms with van der Waals surface area (Å²) in [6.07, 6.45) is 6.26. The second kappa shape index (κ2) is 8.71. The Bertz CT molecular complexity index is 1060. The summed E-state index contributed by atoms with van der Waals surface area (Å²) in [4.78, 5) is 33.9. The highest BCUT2D eigenvalue weighted by Gasteiger charge is 2.42. The van der Waals surface area contributed by atoms with Crippen LogP contribution < -0.4 is 0 Å². The highest BCUT2D eigenvalue weighted by molar-refractivity contribution is 7.18. The van der Waals surface area contributed by atoms with Gasteiger partial charge in [-0.05, 0) is 48.4 Å². The zero-order valence-corrected chi connectivity index (χ0v) is 19.1. The second-order valence-corrected chi connectivity index (χ2v) is 10.7. The molecule has 162 valence electrons. The maximum Gasteiger partial charge on any atom is 0.313 e. The molecule has 0 bridgehead atoms. The molecule has 2 aliphatic rings. The lowest BCUT2D eigenvalue weighted by Gasteiger charge is -2.34. The van der Waals surface area contributed by atoms with Crippen molar-refractivity contribution in [3.8, 4) is 0 Å². The third kappa shape index (κ3) is 4.26. The number of carbonyl (C=O) groups is 2. The summed E-state index contributed by atoms with van der Waals surface area (Å²) in [5.41, 5.74) is 1.64. The smallest absolute Gasteiger partial charge is 0.313 e. The number of esters is 1. The Morgan fingerprint density at radius 1 is 1.13 bits per heavy atom. The highest BCUT2D eigenvalue weighted by atomic mass is 32.1. The molecule has 0 radical (unpaired) electrons. The number of benzene rings is 1. The number of hydrogen-bond acceptors (Lipinski definition) is 6. The summed E-state index contributed by atoms with van der Waals surface area (Å²) in [6, 6.07) is 10.2. The van der Waals surface area contributed by atoms with Crippen LogP contribution in [0.4, 0.5) is 0 Å². The number of hydrogen-bond donors (Lipinski definition) is 0. The SMILES string of the molecule is O=C(COC(=O)C1(Cc2nc3ccccc3s2)CCCCC1)N1CCc2sccc2C1. The molecular weight excluding hydrogens is 428 g/mol. The first-order chi connectivity index (χ1) is 15.1. The van der Waals surface area contributed by atoms with E-state index < -0.39 is 5.41 Å². The molecule has 2 aromatic heterocycles. The lowest BCUT2D eigenvalue weighted by Crippen LogP contribution is -2.41. The van der Waals surface area contributed by atoms with Crippen molar-refractivity contribution < 1.29 is 14.3 Å². The quantitative estimate of drug-likeness (QED) is 0.510. The third-order valence-corrected chi connectivity index (χ3v) is 8.62. The van der Waals surface area contributed by atoms with Crippen LogP contribution in [0.1, 0.15) is 47.6 Å². The van der Waals surface area contributed by atoms with Gasteiger partial charge in [-0.15, -0.1) is 22.7 Å². The Kier molecular flexibility index (Phi) is 5.80. The number of ether oxygens (including phenoxy) is 1. The van der Waals surface area contributed by atoms with E-state index in [1.165, 1.54) is 10.4 Å². The van der Waals surface area contributed by atoms with E-state index in [9.17, 15) is 9.59 Å². The summed E-state index contributed by atoms with van der Waals surface area (Å²) in [6.45, 7) is 1.15. The van der Waals surface area contributed by atoms with Crippen LogP contribution in [0.15, 0.2) is 35.7 Å². The number of para-hydroxylation sites is 1. The lowest BCUT2D eigenvalue weighted by molar-refractivity contribution is -0.163. The summed E-state index contributed by atoms with van der Waals surface area (Å²) < 4.78 is 6.81. The third-order valence-electron chi connectivity index (χ3n) is 6.56. The van der Waals surface area contributed by atoms with Crippen LogP contribution in [0.2, 0.25) is 0 Å². The minimum atomic E-state index is -0.561. The van der Waals surface area contributed by atoms with E-state index in [0.717, 1.165) is 53.7 Å². The monoisotopic (exact) mass is 454 g/mol. The predicted octanol–water partition coefficient (Wildman–Crippen LogP) is 4.98. The molecular formula is C24H26N2O3S2. The Morgan fingerprint density at radius 2 is 1.97 bits per heavy atom. The zero-order chi connectivity index (χ0) is 21.3. The van der Waals surface area contributed by atoms with Gasteiger partial charge in [0.25, 0.3) is 5.91 Å². The predicted molar refractivity (Wildman–Crippen MR) is 123 cm³/mol. The van der Waals surface area contributed by atoms with Gasteiger partial charge in [-0.1, -0.05) is 31.4 Å². The van der Waals surface area contributed by atoms with Gasteiger partial charge in [-0.2, -0.15) is 0 Å². The molecule has 1 amide bonds. The van der Waals surface area contributed by atoms with E-state index in [1.54, 1.807) is 22.7 Å². The Hall–Kier alpha value is -2.25. The van der Waals surface area contributed by atoms with Crippen molar-refractivity contribution in [2.75, 3.05) is 13.2 Å².